The van der Waals surface area contributed by atoms with Gasteiger partial charge in [-0.15, -0.1) is 0 Å². The number of carboxylic acid groups (broad SMARTS) is 1. The number of thioether (sulfide) groups is 1. The number of ether oxygens (including phenoxy) is 1. The van der Waals surface area contributed by atoms with Crippen LogP contribution in [0.15, 0.2) is 0 Å². The van der Waals surface area contributed by atoms with E-state index in [0.29, 0.717) is 0 Å². The molecule has 0 bridgehead atoms. The van der Waals surface area contributed by atoms with Crippen molar-refractivity contribution in [1.82, 2.24) is 0 Å². The Balaban J connectivity index is 4.36. The SMILES string of the molecule is CC(=O)SC[C@@H](C)C(=O)O[C@@H](CC(N)=O)C(=O)O. The molecule has 0 aliphatic rings. The number of amides is 1. The molecule has 0 heterocycles. The van der Waals surface area contributed by atoms with Crippen molar-refractivity contribution >= 4 is 34.7 Å². The van der Waals surface area contributed by atoms with Crippen LogP contribution in [0.1, 0.15) is 20.3 Å². The predicted molar refractivity (Wildman–Crippen MR) is 63.6 cm³/mol. The van der Waals surface area contributed by atoms with Crippen LogP contribution in [-0.4, -0.2) is 39.9 Å². The molecule has 1 amide bonds. The Bertz CT molecular complexity index is 356. The average Bonchev–Trinajstić information content (AvgIpc) is 2.23. The van der Waals surface area contributed by atoms with Crippen LogP contribution in [-0.2, 0) is 23.9 Å². The molecule has 0 aliphatic carbocycles. The highest BCUT2D eigenvalue weighted by atomic mass is 32.2. The van der Waals surface area contributed by atoms with E-state index >= 15 is 0 Å². The van der Waals surface area contributed by atoms with Crippen LogP contribution in [0.5, 0.6) is 0 Å². The van der Waals surface area contributed by atoms with E-state index < -0.39 is 36.3 Å². The van der Waals surface area contributed by atoms with Gasteiger partial charge < -0.3 is 15.6 Å². The molecule has 7 nitrogen and oxygen atoms in total. The molecule has 0 spiro atoms. The Morgan fingerprint density at radius 3 is 2.28 bits per heavy atom. The summed E-state index contributed by atoms with van der Waals surface area (Å²) in [5, 5.41) is 8.58. The molecule has 102 valence electrons. The van der Waals surface area contributed by atoms with Gasteiger partial charge in [0.15, 0.2) is 5.12 Å². The van der Waals surface area contributed by atoms with Gasteiger partial charge in [0.2, 0.25) is 12.0 Å². The number of nitrogens with two attached hydrogens (primary N) is 1. The van der Waals surface area contributed by atoms with Gasteiger partial charge in [0.05, 0.1) is 12.3 Å². The van der Waals surface area contributed by atoms with Gasteiger partial charge in [-0.05, 0) is 0 Å². The summed E-state index contributed by atoms with van der Waals surface area (Å²) in [6.45, 7) is 2.86. The first-order valence-corrected chi connectivity index (χ1v) is 6.07. The summed E-state index contributed by atoms with van der Waals surface area (Å²) < 4.78 is 4.65. The van der Waals surface area contributed by atoms with Gasteiger partial charge in [0, 0.05) is 12.7 Å². The summed E-state index contributed by atoms with van der Waals surface area (Å²) in [7, 11) is 0. The fourth-order valence-electron chi connectivity index (χ4n) is 0.929. The van der Waals surface area contributed by atoms with E-state index in [2.05, 4.69) is 4.74 Å². The van der Waals surface area contributed by atoms with Crippen LogP contribution in [0, 0.1) is 5.92 Å². The van der Waals surface area contributed by atoms with Crippen molar-refractivity contribution in [2.75, 3.05) is 5.75 Å². The van der Waals surface area contributed by atoms with E-state index in [9.17, 15) is 19.2 Å². The van der Waals surface area contributed by atoms with Crippen LogP contribution in [0.3, 0.4) is 0 Å². The summed E-state index contributed by atoms with van der Waals surface area (Å²) in [6.07, 6.45) is -2.16. The zero-order chi connectivity index (χ0) is 14.3. The summed E-state index contributed by atoms with van der Waals surface area (Å²) in [5.74, 6) is -3.54. The zero-order valence-corrected chi connectivity index (χ0v) is 10.9. The molecule has 18 heavy (non-hydrogen) atoms. The second kappa shape index (κ2) is 7.70. The summed E-state index contributed by atoms with van der Waals surface area (Å²) in [5.41, 5.74) is 4.84. The first-order chi connectivity index (χ1) is 8.23. The highest BCUT2D eigenvalue weighted by Gasteiger charge is 2.27. The first kappa shape index (κ1) is 16.4. The highest BCUT2D eigenvalue weighted by Crippen LogP contribution is 2.12. The predicted octanol–water partition coefficient (Wildman–Crippen LogP) is -0.226. The lowest BCUT2D eigenvalue weighted by atomic mass is 10.2. The smallest absolute Gasteiger partial charge is 0.345 e. The van der Waals surface area contributed by atoms with Crippen molar-refractivity contribution in [2.45, 2.75) is 26.4 Å². The fourth-order valence-corrected chi connectivity index (χ4v) is 1.55. The highest BCUT2D eigenvalue weighted by molar-refractivity contribution is 8.13. The number of carbonyl (C=O) groups excluding carboxylic acids is 3. The third-order valence-electron chi connectivity index (χ3n) is 1.86. The van der Waals surface area contributed by atoms with Crippen molar-refractivity contribution in [3.05, 3.63) is 0 Å². The van der Waals surface area contributed by atoms with Crippen LogP contribution in [0.2, 0.25) is 0 Å². The number of carbonyl (C=O) groups is 4. The number of rotatable bonds is 7. The zero-order valence-electron chi connectivity index (χ0n) is 10.0. The lowest BCUT2D eigenvalue weighted by Crippen LogP contribution is -2.34. The maximum Gasteiger partial charge on any atom is 0.345 e. The lowest BCUT2D eigenvalue weighted by Gasteiger charge is -2.15. The Hall–Kier alpha value is -1.57. The van der Waals surface area contributed by atoms with Crippen LogP contribution < -0.4 is 5.73 Å². The van der Waals surface area contributed by atoms with E-state index in [1.807, 2.05) is 0 Å². The maximum absolute atomic E-state index is 11.5. The summed E-state index contributed by atoms with van der Waals surface area (Å²) in [4.78, 5) is 43.5. The molecule has 0 aromatic rings. The number of primary amides is 1. The Morgan fingerprint density at radius 1 is 1.33 bits per heavy atom. The van der Waals surface area contributed by atoms with Gasteiger partial charge >= 0.3 is 11.9 Å². The molecule has 0 rings (SSSR count). The molecule has 0 unspecified atom stereocenters. The van der Waals surface area contributed by atoms with Crippen molar-refractivity contribution < 1.29 is 29.0 Å². The quantitative estimate of drug-likeness (QED) is 0.616. The number of aliphatic carboxylic acids is 1. The number of esters is 1. The molecule has 0 fully saturated rings. The molecular formula is C10H15NO6S. The molecule has 0 radical (unpaired) electrons. The van der Waals surface area contributed by atoms with Crippen molar-refractivity contribution in [2.24, 2.45) is 11.7 Å². The third-order valence-corrected chi connectivity index (χ3v) is 2.93. The molecule has 0 aliphatic heterocycles. The first-order valence-electron chi connectivity index (χ1n) is 5.09. The molecule has 0 aromatic heterocycles. The summed E-state index contributed by atoms with van der Waals surface area (Å²) >= 11 is 0.938. The van der Waals surface area contributed by atoms with E-state index in [1.54, 1.807) is 0 Å². The normalized spacial score (nSPS) is 13.4. The van der Waals surface area contributed by atoms with E-state index in [4.69, 9.17) is 10.8 Å². The monoisotopic (exact) mass is 277 g/mol. The number of hydrogen-bond donors (Lipinski definition) is 2. The molecular weight excluding hydrogens is 262 g/mol. The van der Waals surface area contributed by atoms with Gasteiger partial charge in [-0.1, -0.05) is 18.7 Å². The van der Waals surface area contributed by atoms with Gasteiger partial charge in [-0.25, -0.2) is 4.79 Å². The third kappa shape index (κ3) is 6.89. The Kier molecular flexibility index (Phi) is 7.03. The van der Waals surface area contributed by atoms with Crippen LogP contribution >= 0.6 is 11.8 Å². The van der Waals surface area contributed by atoms with Gasteiger partial charge in [0.1, 0.15) is 0 Å². The second-order valence-corrected chi connectivity index (χ2v) is 4.83. The number of hydrogen-bond acceptors (Lipinski definition) is 6. The molecule has 8 heteroatoms. The molecule has 2 atom stereocenters. The maximum atomic E-state index is 11.5. The summed E-state index contributed by atoms with van der Waals surface area (Å²) in [6, 6.07) is 0. The van der Waals surface area contributed by atoms with Crippen molar-refractivity contribution in [3.8, 4) is 0 Å². The minimum Gasteiger partial charge on any atom is -0.478 e. The topological polar surface area (TPSA) is 124 Å². The minimum absolute atomic E-state index is 0.151. The van der Waals surface area contributed by atoms with Crippen molar-refractivity contribution in [3.63, 3.8) is 0 Å². The molecule has 3 N–H and O–H groups in total. The fraction of sp³-hybridized carbons (Fsp3) is 0.600. The van der Waals surface area contributed by atoms with Crippen LogP contribution in [0.25, 0.3) is 0 Å². The molecule has 0 saturated heterocycles. The van der Waals surface area contributed by atoms with E-state index in [1.165, 1.54) is 13.8 Å². The molecule has 0 saturated carbocycles. The van der Waals surface area contributed by atoms with Gasteiger partial charge in [0.25, 0.3) is 0 Å². The van der Waals surface area contributed by atoms with Gasteiger partial charge in [-0.2, -0.15) is 0 Å². The van der Waals surface area contributed by atoms with Crippen LogP contribution in [0.4, 0.5) is 0 Å². The number of carboxylic acids is 1. The molecule has 0 aromatic carbocycles. The Labute approximate surface area is 108 Å². The van der Waals surface area contributed by atoms with Gasteiger partial charge in [-0.3, -0.25) is 14.4 Å². The second-order valence-electron chi connectivity index (χ2n) is 3.64. The minimum atomic E-state index is -1.58. The van der Waals surface area contributed by atoms with E-state index in [0.717, 1.165) is 11.8 Å². The largest absolute Gasteiger partial charge is 0.478 e. The standard InChI is InChI=1S/C10H15NO6S/c1-5(4-18-6(2)12)10(16)17-7(9(14)15)3-8(11)13/h5,7H,3-4H2,1-2H3,(H2,11,13)(H,14,15)/t5-,7+/m1/s1. The lowest BCUT2D eigenvalue weighted by molar-refractivity contribution is -0.167. The van der Waals surface area contributed by atoms with E-state index in [-0.39, 0.29) is 10.9 Å². The van der Waals surface area contributed by atoms with Crippen molar-refractivity contribution in [1.29, 1.82) is 0 Å². The Morgan fingerprint density at radius 2 is 1.89 bits per heavy atom. The average molecular weight is 277 g/mol.